The number of nitro benzene ring substituents is 1. The van der Waals surface area contributed by atoms with E-state index in [1.807, 2.05) is 0 Å². The maximum absolute atomic E-state index is 12.4. The summed E-state index contributed by atoms with van der Waals surface area (Å²) in [5.74, 6) is 0.441. The molecule has 0 aliphatic heterocycles. The van der Waals surface area contributed by atoms with Crippen LogP contribution in [0.15, 0.2) is 42.5 Å². The van der Waals surface area contributed by atoms with E-state index >= 15 is 0 Å². The average Bonchev–Trinajstić information content (AvgIpc) is 3.07. The van der Waals surface area contributed by atoms with Gasteiger partial charge in [0.1, 0.15) is 5.75 Å². The van der Waals surface area contributed by atoms with Crippen molar-refractivity contribution in [1.82, 2.24) is 4.98 Å². The van der Waals surface area contributed by atoms with E-state index in [1.165, 1.54) is 23.5 Å². The lowest BCUT2D eigenvalue weighted by Gasteiger charge is -2.06. The van der Waals surface area contributed by atoms with Crippen molar-refractivity contribution in [3.63, 3.8) is 0 Å². The van der Waals surface area contributed by atoms with E-state index in [4.69, 9.17) is 4.74 Å². The van der Waals surface area contributed by atoms with E-state index in [-0.39, 0.29) is 11.6 Å². The number of nitro groups is 1. The van der Waals surface area contributed by atoms with Crippen molar-refractivity contribution < 1.29 is 14.5 Å². The summed E-state index contributed by atoms with van der Waals surface area (Å²) in [7, 11) is 0. The molecule has 0 radical (unpaired) electrons. The van der Waals surface area contributed by atoms with Crippen LogP contribution in [0.2, 0.25) is 0 Å². The molecule has 140 valence electrons. The molecule has 3 aromatic rings. The number of ether oxygens (including phenoxy) is 1. The third kappa shape index (κ3) is 4.79. The molecule has 0 atom stereocenters. The van der Waals surface area contributed by atoms with Crippen LogP contribution in [-0.2, 0) is 0 Å². The van der Waals surface area contributed by atoms with Crippen molar-refractivity contribution in [2.75, 3.05) is 11.9 Å². The van der Waals surface area contributed by atoms with E-state index in [1.54, 1.807) is 30.3 Å². The number of nitrogens with zero attached hydrogens (tertiary/aromatic N) is 2. The highest BCUT2D eigenvalue weighted by Crippen LogP contribution is 2.29. The van der Waals surface area contributed by atoms with Gasteiger partial charge in [-0.05, 0) is 36.8 Å². The van der Waals surface area contributed by atoms with Gasteiger partial charge in [0.2, 0.25) is 0 Å². The third-order valence-corrected chi connectivity index (χ3v) is 4.87. The molecule has 1 aromatic heterocycles. The molecule has 3 rings (SSSR count). The van der Waals surface area contributed by atoms with Gasteiger partial charge in [-0.25, -0.2) is 4.98 Å². The zero-order valence-corrected chi connectivity index (χ0v) is 15.6. The van der Waals surface area contributed by atoms with Crippen molar-refractivity contribution >= 4 is 38.3 Å². The van der Waals surface area contributed by atoms with Crippen molar-refractivity contribution in [3.05, 3.63) is 58.1 Å². The number of non-ortho nitro benzene ring substituents is 1. The number of rotatable bonds is 8. The number of unbranched alkanes of at least 4 members (excludes halogenated alkanes) is 2. The predicted octanol–water partition coefficient (Wildman–Crippen LogP) is 5.03. The monoisotopic (exact) mass is 385 g/mol. The standard InChI is InChI=1S/C19H19N3O4S/c1-2-3-4-11-26-15-8-5-13(6-9-15)18(23)21-19-20-16-10-7-14(22(24)25)12-17(16)27-19/h5-10,12H,2-4,11H2,1H3,(H,20,21,23). The summed E-state index contributed by atoms with van der Waals surface area (Å²) in [6, 6.07) is 11.3. The fraction of sp³-hybridized carbons (Fsp3) is 0.263. The van der Waals surface area contributed by atoms with E-state index in [9.17, 15) is 14.9 Å². The molecule has 27 heavy (non-hydrogen) atoms. The normalized spacial score (nSPS) is 10.7. The smallest absolute Gasteiger partial charge is 0.270 e. The van der Waals surface area contributed by atoms with Crippen LogP contribution in [0.1, 0.15) is 36.5 Å². The van der Waals surface area contributed by atoms with E-state index in [0.717, 1.165) is 25.0 Å². The molecule has 0 saturated heterocycles. The Morgan fingerprint density at radius 1 is 1.22 bits per heavy atom. The highest BCUT2D eigenvalue weighted by Gasteiger charge is 2.13. The first-order chi connectivity index (χ1) is 13.1. The minimum atomic E-state index is -0.455. The Bertz CT molecular complexity index is 953. The molecule has 1 N–H and O–H groups in total. The van der Waals surface area contributed by atoms with Crippen molar-refractivity contribution in [2.24, 2.45) is 0 Å². The molecule has 0 unspecified atom stereocenters. The number of hydrogen-bond donors (Lipinski definition) is 1. The molecule has 8 heteroatoms. The number of amides is 1. The lowest BCUT2D eigenvalue weighted by molar-refractivity contribution is -0.384. The van der Waals surface area contributed by atoms with Crippen LogP contribution in [0.4, 0.5) is 10.8 Å². The third-order valence-electron chi connectivity index (χ3n) is 3.94. The molecule has 2 aromatic carbocycles. The Hall–Kier alpha value is -3.00. The molecule has 0 bridgehead atoms. The Kier molecular flexibility index (Phi) is 5.97. The second-order valence-electron chi connectivity index (χ2n) is 5.96. The molecule has 0 fully saturated rings. The summed E-state index contributed by atoms with van der Waals surface area (Å²) in [5.41, 5.74) is 1.09. The SMILES string of the molecule is CCCCCOc1ccc(C(=O)Nc2nc3ccc([N+](=O)[O-])cc3s2)cc1. The number of thiazole rings is 1. The summed E-state index contributed by atoms with van der Waals surface area (Å²) in [6.07, 6.45) is 3.28. The number of carbonyl (C=O) groups excluding carboxylic acids is 1. The second-order valence-corrected chi connectivity index (χ2v) is 6.99. The molecule has 0 aliphatic carbocycles. The van der Waals surface area contributed by atoms with Crippen molar-refractivity contribution in [1.29, 1.82) is 0 Å². The first-order valence-corrected chi connectivity index (χ1v) is 9.47. The quantitative estimate of drug-likeness (QED) is 0.333. The van der Waals surface area contributed by atoms with E-state index < -0.39 is 4.92 Å². The van der Waals surface area contributed by atoms with Crippen LogP contribution < -0.4 is 10.1 Å². The number of anilines is 1. The van der Waals surface area contributed by atoms with Gasteiger partial charge in [0.05, 0.1) is 21.7 Å². The summed E-state index contributed by atoms with van der Waals surface area (Å²) in [6.45, 7) is 2.80. The van der Waals surface area contributed by atoms with Crippen LogP contribution >= 0.6 is 11.3 Å². The van der Waals surface area contributed by atoms with Gasteiger partial charge in [0.15, 0.2) is 5.13 Å². The van der Waals surface area contributed by atoms with Gasteiger partial charge in [0, 0.05) is 17.7 Å². The molecule has 0 aliphatic rings. The summed E-state index contributed by atoms with van der Waals surface area (Å²) in [5, 5.41) is 14.0. The topological polar surface area (TPSA) is 94.4 Å². The zero-order valence-electron chi connectivity index (χ0n) is 14.8. The Balaban J connectivity index is 1.64. The Morgan fingerprint density at radius 2 is 2.00 bits per heavy atom. The van der Waals surface area contributed by atoms with Gasteiger partial charge >= 0.3 is 0 Å². The fourth-order valence-electron chi connectivity index (χ4n) is 2.49. The van der Waals surface area contributed by atoms with Crippen LogP contribution in [-0.4, -0.2) is 22.4 Å². The molecule has 1 amide bonds. The van der Waals surface area contributed by atoms with E-state index in [2.05, 4.69) is 17.2 Å². The molecule has 0 saturated carbocycles. The molecule has 7 nitrogen and oxygen atoms in total. The van der Waals surface area contributed by atoms with Gasteiger partial charge in [-0.2, -0.15) is 0 Å². The maximum atomic E-state index is 12.4. The van der Waals surface area contributed by atoms with Gasteiger partial charge in [-0.3, -0.25) is 20.2 Å². The number of carbonyl (C=O) groups is 1. The average molecular weight is 385 g/mol. The van der Waals surface area contributed by atoms with Gasteiger partial charge < -0.3 is 4.74 Å². The Morgan fingerprint density at radius 3 is 2.70 bits per heavy atom. The summed E-state index contributed by atoms with van der Waals surface area (Å²) < 4.78 is 6.28. The van der Waals surface area contributed by atoms with Crippen molar-refractivity contribution in [2.45, 2.75) is 26.2 Å². The molecular weight excluding hydrogens is 366 g/mol. The number of aromatic nitrogens is 1. The first-order valence-electron chi connectivity index (χ1n) is 8.66. The van der Waals surface area contributed by atoms with Crippen LogP contribution in [0.5, 0.6) is 5.75 Å². The number of fused-ring (bicyclic) bond motifs is 1. The lowest BCUT2D eigenvalue weighted by Crippen LogP contribution is -2.11. The summed E-state index contributed by atoms with van der Waals surface area (Å²) >= 11 is 1.20. The van der Waals surface area contributed by atoms with Gasteiger partial charge in [-0.1, -0.05) is 31.1 Å². The first kappa shape index (κ1) is 18.8. The van der Waals surface area contributed by atoms with Crippen molar-refractivity contribution in [3.8, 4) is 5.75 Å². The largest absolute Gasteiger partial charge is 0.494 e. The second kappa shape index (κ2) is 8.59. The summed E-state index contributed by atoms with van der Waals surface area (Å²) in [4.78, 5) is 27.1. The minimum absolute atomic E-state index is 0.00134. The predicted molar refractivity (Wildman–Crippen MR) is 106 cm³/mol. The number of benzene rings is 2. The number of hydrogen-bond acceptors (Lipinski definition) is 6. The molecular formula is C19H19N3O4S. The highest BCUT2D eigenvalue weighted by atomic mass is 32.1. The minimum Gasteiger partial charge on any atom is -0.494 e. The Labute approximate surface area is 160 Å². The maximum Gasteiger partial charge on any atom is 0.270 e. The van der Waals surface area contributed by atoms with Crippen LogP contribution in [0, 0.1) is 10.1 Å². The molecule has 0 spiro atoms. The number of nitrogens with one attached hydrogen (secondary N) is 1. The highest BCUT2D eigenvalue weighted by molar-refractivity contribution is 7.22. The zero-order chi connectivity index (χ0) is 19.2. The van der Waals surface area contributed by atoms with Crippen LogP contribution in [0.25, 0.3) is 10.2 Å². The van der Waals surface area contributed by atoms with E-state index in [0.29, 0.717) is 27.5 Å². The van der Waals surface area contributed by atoms with Crippen LogP contribution in [0.3, 0.4) is 0 Å². The molecule has 1 heterocycles. The lowest BCUT2D eigenvalue weighted by atomic mass is 10.2. The fourth-order valence-corrected chi connectivity index (χ4v) is 3.39. The van der Waals surface area contributed by atoms with Gasteiger partial charge in [0.25, 0.3) is 11.6 Å². The van der Waals surface area contributed by atoms with Gasteiger partial charge in [-0.15, -0.1) is 0 Å².